The normalized spacial score (nSPS) is 12.1. The molecule has 1 unspecified atom stereocenters. The van der Waals surface area contributed by atoms with Crippen molar-refractivity contribution in [1.82, 2.24) is 0 Å². The monoisotopic (exact) mass is 246 g/mol. The lowest BCUT2D eigenvalue weighted by molar-refractivity contribution is 0.276. The van der Waals surface area contributed by atoms with Gasteiger partial charge >= 0.3 is 0 Å². The minimum absolute atomic E-state index is 0.0619. The average Bonchev–Trinajstić information content (AvgIpc) is 2.41. The van der Waals surface area contributed by atoms with Gasteiger partial charge < -0.3 is 16.2 Å². The second-order valence-corrected chi connectivity index (χ2v) is 3.99. The van der Waals surface area contributed by atoms with E-state index in [0.717, 1.165) is 5.56 Å². The van der Waals surface area contributed by atoms with Gasteiger partial charge in [-0.2, -0.15) is 0 Å². The summed E-state index contributed by atoms with van der Waals surface area (Å²) in [5, 5.41) is 12.4. The van der Waals surface area contributed by atoms with Gasteiger partial charge in [-0.25, -0.2) is 4.39 Å². The molecular formula is C14H15FN2O. The summed E-state index contributed by atoms with van der Waals surface area (Å²) in [6.45, 7) is -0.0973. The predicted octanol–water partition coefficient (Wildman–Crippen LogP) is 2.55. The highest BCUT2D eigenvalue weighted by Crippen LogP contribution is 2.26. The highest BCUT2D eigenvalue weighted by Gasteiger charge is 2.12. The van der Waals surface area contributed by atoms with Crippen molar-refractivity contribution in [2.24, 2.45) is 0 Å². The van der Waals surface area contributed by atoms with E-state index in [-0.39, 0.29) is 18.3 Å². The number of hydrogen-bond donors (Lipinski definition) is 3. The van der Waals surface area contributed by atoms with Gasteiger partial charge in [0.1, 0.15) is 5.82 Å². The molecule has 0 fully saturated rings. The van der Waals surface area contributed by atoms with Crippen LogP contribution in [0.3, 0.4) is 0 Å². The van der Waals surface area contributed by atoms with Crippen LogP contribution in [0.2, 0.25) is 0 Å². The van der Waals surface area contributed by atoms with Crippen molar-refractivity contribution in [2.45, 2.75) is 6.04 Å². The molecule has 2 aromatic carbocycles. The molecule has 4 heteroatoms. The van der Waals surface area contributed by atoms with Gasteiger partial charge in [-0.15, -0.1) is 0 Å². The Hall–Kier alpha value is -2.07. The fraction of sp³-hybridized carbons (Fsp3) is 0.143. The lowest BCUT2D eigenvalue weighted by atomic mass is 10.1. The van der Waals surface area contributed by atoms with E-state index >= 15 is 0 Å². The number of nitrogen functional groups attached to an aromatic ring is 1. The molecule has 0 saturated heterocycles. The summed E-state index contributed by atoms with van der Waals surface area (Å²) in [6, 6.07) is 13.7. The van der Waals surface area contributed by atoms with Gasteiger partial charge in [0.2, 0.25) is 0 Å². The van der Waals surface area contributed by atoms with Crippen molar-refractivity contribution in [3.8, 4) is 0 Å². The third kappa shape index (κ3) is 2.60. The molecule has 1 atom stereocenters. The summed E-state index contributed by atoms with van der Waals surface area (Å²) in [5.41, 5.74) is 7.11. The molecular weight excluding hydrogens is 231 g/mol. The summed E-state index contributed by atoms with van der Waals surface area (Å²) < 4.78 is 13.3. The van der Waals surface area contributed by atoms with Crippen molar-refractivity contribution in [1.29, 1.82) is 0 Å². The Balaban J connectivity index is 2.24. The molecule has 0 aliphatic rings. The molecule has 0 amide bonds. The van der Waals surface area contributed by atoms with E-state index in [1.807, 2.05) is 30.3 Å². The Morgan fingerprint density at radius 2 is 1.83 bits per heavy atom. The first-order valence-corrected chi connectivity index (χ1v) is 5.68. The minimum atomic E-state index is -0.468. The third-order valence-electron chi connectivity index (χ3n) is 2.77. The molecule has 0 saturated carbocycles. The highest BCUT2D eigenvalue weighted by molar-refractivity contribution is 5.67. The van der Waals surface area contributed by atoms with Crippen LogP contribution in [0.15, 0.2) is 48.5 Å². The van der Waals surface area contributed by atoms with Gasteiger partial charge in [-0.3, -0.25) is 0 Å². The SMILES string of the molecule is Nc1c(F)cccc1NC(CO)c1ccccc1. The van der Waals surface area contributed by atoms with Crippen molar-refractivity contribution in [2.75, 3.05) is 17.7 Å². The Kier molecular flexibility index (Phi) is 3.79. The van der Waals surface area contributed by atoms with Gasteiger partial charge in [0.25, 0.3) is 0 Å². The molecule has 4 N–H and O–H groups in total. The first-order valence-electron chi connectivity index (χ1n) is 5.68. The Morgan fingerprint density at radius 1 is 1.11 bits per heavy atom. The molecule has 0 aliphatic carbocycles. The van der Waals surface area contributed by atoms with Gasteiger partial charge in [0.15, 0.2) is 0 Å². The smallest absolute Gasteiger partial charge is 0.148 e. The molecule has 0 radical (unpaired) electrons. The van der Waals surface area contributed by atoms with E-state index in [0.29, 0.717) is 5.69 Å². The molecule has 18 heavy (non-hydrogen) atoms. The molecule has 0 aromatic heterocycles. The van der Waals surface area contributed by atoms with Crippen LogP contribution in [0.5, 0.6) is 0 Å². The van der Waals surface area contributed by atoms with Gasteiger partial charge in [-0.05, 0) is 17.7 Å². The molecule has 3 nitrogen and oxygen atoms in total. The maximum absolute atomic E-state index is 13.3. The zero-order valence-electron chi connectivity index (χ0n) is 9.81. The van der Waals surface area contributed by atoms with Crippen LogP contribution in [0.1, 0.15) is 11.6 Å². The van der Waals surface area contributed by atoms with Crippen LogP contribution in [0.4, 0.5) is 15.8 Å². The Bertz CT molecular complexity index is 516. The van der Waals surface area contributed by atoms with Crippen LogP contribution in [0, 0.1) is 5.82 Å². The first kappa shape index (κ1) is 12.4. The molecule has 0 aliphatic heterocycles. The standard InChI is InChI=1S/C14H15FN2O/c15-11-7-4-8-12(14(11)16)17-13(9-18)10-5-2-1-3-6-10/h1-8,13,17-18H,9,16H2. The Morgan fingerprint density at radius 3 is 2.50 bits per heavy atom. The summed E-state index contributed by atoms with van der Waals surface area (Å²) in [6.07, 6.45) is 0. The van der Waals surface area contributed by atoms with Gasteiger partial charge in [0, 0.05) is 0 Å². The van der Waals surface area contributed by atoms with E-state index in [1.54, 1.807) is 12.1 Å². The highest BCUT2D eigenvalue weighted by atomic mass is 19.1. The summed E-state index contributed by atoms with van der Waals surface area (Å²) in [4.78, 5) is 0. The number of benzene rings is 2. The fourth-order valence-electron chi connectivity index (χ4n) is 1.77. The summed E-state index contributed by atoms with van der Waals surface area (Å²) in [5.74, 6) is -0.468. The molecule has 0 bridgehead atoms. The van der Waals surface area contributed by atoms with Crippen LogP contribution in [-0.2, 0) is 0 Å². The van der Waals surface area contributed by atoms with Crippen LogP contribution < -0.4 is 11.1 Å². The predicted molar refractivity (Wildman–Crippen MR) is 70.7 cm³/mol. The fourth-order valence-corrected chi connectivity index (χ4v) is 1.77. The van der Waals surface area contributed by atoms with E-state index in [2.05, 4.69) is 5.32 Å². The molecule has 0 heterocycles. The zero-order valence-corrected chi connectivity index (χ0v) is 9.81. The lowest BCUT2D eigenvalue weighted by Gasteiger charge is -2.19. The quantitative estimate of drug-likeness (QED) is 0.727. The molecule has 2 rings (SSSR count). The topological polar surface area (TPSA) is 58.3 Å². The maximum atomic E-state index is 13.3. The number of aliphatic hydroxyl groups is 1. The molecule has 0 spiro atoms. The lowest BCUT2D eigenvalue weighted by Crippen LogP contribution is -2.16. The summed E-state index contributed by atoms with van der Waals surface area (Å²) in [7, 11) is 0. The number of anilines is 2. The van der Waals surface area contributed by atoms with Crippen LogP contribution in [-0.4, -0.2) is 11.7 Å². The van der Waals surface area contributed by atoms with Gasteiger partial charge in [0.05, 0.1) is 24.0 Å². The number of nitrogens with one attached hydrogen (secondary N) is 1. The van der Waals surface area contributed by atoms with E-state index in [1.165, 1.54) is 6.07 Å². The zero-order chi connectivity index (χ0) is 13.0. The van der Waals surface area contributed by atoms with Crippen molar-refractivity contribution in [3.05, 3.63) is 59.9 Å². The van der Waals surface area contributed by atoms with Crippen molar-refractivity contribution in [3.63, 3.8) is 0 Å². The van der Waals surface area contributed by atoms with E-state index in [9.17, 15) is 9.50 Å². The average molecular weight is 246 g/mol. The molecule has 94 valence electrons. The van der Waals surface area contributed by atoms with E-state index < -0.39 is 5.82 Å². The number of aliphatic hydroxyl groups excluding tert-OH is 1. The first-order chi connectivity index (χ1) is 8.72. The number of hydrogen-bond acceptors (Lipinski definition) is 3. The number of nitrogens with two attached hydrogens (primary N) is 1. The summed E-state index contributed by atoms with van der Waals surface area (Å²) >= 11 is 0. The van der Waals surface area contributed by atoms with Crippen molar-refractivity contribution < 1.29 is 9.50 Å². The molecule has 2 aromatic rings. The Labute approximate surface area is 105 Å². The second kappa shape index (κ2) is 5.51. The van der Waals surface area contributed by atoms with E-state index in [4.69, 9.17) is 5.73 Å². The number of para-hydroxylation sites is 1. The number of rotatable bonds is 4. The largest absolute Gasteiger partial charge is 0.395 e. The van der Waals surface area contributed by atoms with Crippen molar-refractivity contribution >= 4 is 11.4 Å². The second-order valence-electron chi connectivity index (χ2n) is 3.99. The third-order valence-corrected chi connectivity index (χ3v) is 2.77. The van der Waals surface area contributed by atoms with Crippen LogP contribution in [0.25, 0.3) is 0 Å². The van der Waals surface area contributed by atoms with Gasteiger partial charge in [-0.1, -0.05) is 36.4 Å². The maximum Gasteiger partial charge on any atom is 0.148 e. The minimum Gasteiger partial charge on any atom is -0.395 e. The van der Waals surface area contributed by atoms with Crippen LogP contribution >= 0.6 is 0 Å². The number of halogens is 1.